The molecule has 0 radical (unpaired) electrons. The Balaban J connectivity index is 2.32. The van der Waals surface area contributed by atoms with Crippen molar-refractivity contribution in [1.29, 1.82) is 0 Å². The topological polar surface area (TPSA) is 123 Å². The van der Waals surface area contributed by atoms with Crippen molar-refractivity contribution in [2.24, 2.45) is 0 Å². The maximum atomic E-state index is 12.8. The van der Waals surface area contributed by atoms with Crippen molar-refractivity contribution in [3.63, 3.8) is 0 Å². The number of anilines is 2. The molecule has 0 aliphatic carbocycles. The zero-order chi connectivity index (χ0) is 21.6. The van der Waals surface area contributed by atoms with Crippen molar-refractivity contribution in [2.45, 2.75) is 13.5 Å². The number of carbonyl (C=O) groups excluding carboxylic acids is 2. The molecule has 0 fully saturated rings. The largest absolute Gasteiger partial charge is 0.493 e. The number of amides is 2. The molecule has 0 aliphatic heterocycles. The Bertz CT molecular complexity index is 1020. The molecule has 0 heterocycles. The van der Waals surface area contributed by atoms with Gasteiger partial charge in [0, 0.05) is 24.7 Å². The molecule has 10 heteroatoms. The van der Waals surface area contributed by atoms with Crippen LogP contribution in [-0.2, 0) is 21.4 Å². The summed E-state index contributed by atoms with van der Waals surface area (Å²) in [5.74, 6) is 0.151. The van der Waals surface area contributed by atoms with Crippen LogP contribution in [0.5, 0.6) is 11.5 Å². The Morgan fingerprint density at radius 1 is 1.07 bits per heavy atom. The molecule has 0 aromatic heterocycles. The predicted octanol–water partition coefficient (Wildman–Crippen LogP) is 1.96. The van der Waals surface area contributed by atoms with Crippen LogP contribution in [0.25, 0.3) is 0 Å². The quantitative estimate of drug-likeness (QED) is 0.599. The Kier molecular flexibility index (Phi) is 7.05. The molecule has 2 amide bonds. The van der Waals surface area contributed by atoms with E-state index in [-0.39, 0.29) is 23.7 Å². The van der Waals surface area contributed by atoms with E-state index in [9.17, 15) is 18.0 Å². The second kappa shape index (κ2) is 9.28. The monoisotopic (exact) mass is 421 g/mol. The van der Waals surface area contributed by atoms with Crippen molar-refractivity contribution in [3.8, 4) is 11.5 Å². The highest BCUT2D eigenvalue weighted by molar-refractivity contribution is 7.92. The molecule has 0 saturated heterocycles. The van der Waals surface area contributed by atoms with E-state index in [2.05, 4.69) is 15.4 Å². The first-order valence-electron chi connectivity index (χ1n) is 8.52. The number of hydrogen-bond acceptors (Lipinski definition) is 6. The van der Waals surface area contributed by atoms with Gasteiger partial charge in [0.2, 0.25) is 15.9 Å². The van der Waals surface area contributed by atoms with Crippen LogP contribution in [0.15, 0.2) is 36.4 Å². The zero-order valence-electron chi connectivity index (χ0n) is 16.5. The number of ether oxygens (including phenoxy) is 2. The molecule has 0 unspecified atom stereocenters. The van der Waals surface area contributed by atoms with Gasteiger partial charge in [-0.1, -0.05) is 12.1 Å². The molecule has 3 N–H and O–H groups in total. The van der Waals surface area contributed by atoms with Crippen molar-refractivity contribution in [1.82, 2.24) is 5.32 Å². The van der Waals surface area contributed by atoms with Crippen LogP contribution in [0.3, 0.4) is 0 Å². The summed E-state index contributed by atoms with van der Waals surface area (Å²) in [6, 6.07) is 9.56. The minimum absolute atomic E-state index is 0.0588. The van der Waals surface area contributed by atoms with Crippen LogP contribution in [0.4, 0.5) is 11.4 Å². The van der Waals surface area contributed by atoms with Crippen molar-refractivity contribution >= 4 is 33.2 Å². The minimum atomic E-state index is -3.61. The molecule has 9 nitrogen and oxygen atoms in total. The van der Waals surface area contributed by atoms with Gasteiger partial charge in [-0.25, -0.2) is 8.42 Å². The zero-order valence-corrected chi connectivity index (χ0v) is 17.3. The van der Waals surface area contributed by atoms with Gasteiger partial charge in [0.25, 0.3) is 5.91 Å². The van der Waals surface area contributed by atoms with Gasteiger partial charge in [-0.2, -0.15) is 0 Å². The fraction of sp³-hybridized carbons (Fsp3) is 0.263. The van der Waals surface area contributed by atoms with Crippen molar-refractivity contribution < 1.29 is 27.5 Å². The summed E-state index contributed by atoms with van der Waals surface area (Å²) in [5.41, 5.74) is 1.19. The second-order valence-corrected chi connectivity index (χ2v) is 7.90. The lowest BCUT2D eigenvalue weighted by atomic mass is 10.1. The van der Waals surface area contributed by atoms with Gasteiger partial charge >= 0.3 is 0 Å². The van der Waals surface area contributed by atoms with Crippen LogP contribution >= 0.6 is 0 Å². The first-order chi connectivity index (χ1) is 13.6. The van der Waals surface area contributed by atoms with E-state index in [1.54, 1.807) is 18.2 Å². The number of benzene rings is 2. The van der Waals surface area contributed by atoms with E-state index in [4.69, 9.17) is 9.47 Å². The van der Waals surface area contributed by atoms with E-state index in [1.165, 1.54) is 39.3 Å². The Morgan fingerprint density at radius 3 is 2.38 bits per heavy atom. The van der Waals surface area contributed by atoms with Gasteiger partial charge in [0.1, 0.15) is 0 Å². The van der Waals surface area contributed by atoms with E-state index >= 15 is 0 Å². The summed E-state index contributed by atoms with van der Waals surface area (Å²) >= 11 is 0. The van der Waals surface area contributed by atoms with E-state index in [0.717, 1.165) is 6.26 Å². The van der Waals surface area contributed by atoms with E-state index in [0.29, 0.717) is 22.7 Å². The molecular weight excluding hydrogens is 398 g/mol. The summed E-state index contributed by atoms with van der Waals surface area (Å²) in [4.78, 5) is 24.1. The molecule has 0 aliphatic rings. The average Bonchev–Trinajstić information content (AvgIpc) is 2.65. The highest BCUT2D eigenvalue weighted by Gasteiger charge is 2.17. The molecule has 2 aromatic rings. The third-order valence-electron chi connectivity index (χ3n) is 3.80. The van der Waals surface area contributed by atoms with Crippen LogP contribution in [0.1, 0.15) is 22.8 Å². The molecule has 2 aromatic carbocycles. The predicted molar refractivity (Wildman–Crippen MR) is 110 cm³/mol. The van der Waals surface area contributed by atoms with Gasteiger partial charge in [-0.3, -0.25) is 14.3 Å². The molecule has 0 spiro atoms. The highest BCUT2D eigenvalue weighted by atomic mass is 32.2. The third-order valence-corrected chi connectivity index (χ3v) is 4.39. The molecule has 29 heavy (non-hydrogen) atoms. The van der Waals surface area contributed by atoms with Gasteiger partial charge < -0.3 is 20.1 Å². The van der Waals surface area contributed by atoms with Crippen LogP contribution in [0.2, 0.25) is 0 Å². The molecular formula is C19H23N3O6S. The summed E-state index contributed by atoms with van der Waals surface area (Å²) < 4.78 is 36.1. The second-order valence-electron chi connectivity index (χ2n) is 6.15. The molecule has 0 bridgehead atoms. The Labute approximate surface area is 169 Å². The normalized spacial score (nSPS) is 10.8. The number of hydrogen-bond donors (Lipinski definition) is 3. The molecule has 0 saturated carbocycles. The van der Waals surface area contributed by atoms with Crippen LogP contribution in [0, 0.1) is 0 Å². The maximum Gasteiger partial charge on any atom is 0.253 e. The third kappa shape index (κ3) is 6.11. The number of sulfonamides is 1. The Morgan fingerprint density at radius 2 is 1.79 bits per heavy atom. The minimum Gasteiger partial charge on any atom is -0.493 e. The lowest BCUT2D eigenvalue weighted by Crippen LogP contribution is -2.25. The smallest absolute Gasteiger partial charge is 0.253 e. The number of para-hydroxylation sites is 1. The maximum absolute atomic E-state index is 12.8. The molecule has 2 rings (SSSR count). The lowest BCUT2D eigenvalue weighted by molar-refractivity contribution is -0.114. The van der Waals surface area contributed by atoms with E-state index in [1.807, 2.05) is 0 Å². The fourth-order valence-electron chi connectivity index (χ4n) is 2.67. The van der Waals surface area contributed by atoms with Gasteiger partial charge in [0.15, 0.2) is 11.5 Å². The number of carbonyl (C=O) groups is 2. The number of nitrogens with one attached hydrogen (secondary N) is 3. The van der Waals surface area contributed by atoms with Crippen molar-refractivity contribution in [3.05, 3.63) is 47.5 Å². The summed E-state index contributed by atoms with van der Waals surface area (Å²) in [6.45, 7) is 1.44. The first-order valence-corrected chi connectivity index (χ1v) is 10.4. The molecule has 156 valence electrons. The van der Waals surface area contributed by atoms with Crippen LogP contribution < -0.4 is 24.8 Å². The summed E-state index contributed by atoms with van der Waals surface area (Å²) in [7, 11) is -0.605. The SMILES string of the molecule is COc1cccc(CNC(=O)c2cc(NC(C)=O)ccc2NS(C)(=O)=O)c1OC. The fourth-order valence-corrected chi connectivity index (χ4v) is 3.24. The average molecular weight is 421 g/mol. The Hall–Kier alpha value is -3.27. The van der Waals surface area contributed by atoms with Gasteiger partial charge in [-0.15, -0.1) is 0 Å². The number of rotatable bonds is 8. The number of methoxy groups -OCH3 is 2. The van der Waals surface area contributed by atoms with Gasteiger partial charge in [0.05, 0.1) is 31.7 Å². The van der Waals surface area contributed by atoms with Gasteiger partial charge in [-0.05, 0) is 24.3 Å². The highest BCUT2D eigenvalue weighted by Crippen LogP contribution is 2.30. The van der Waals surface area contributed by atoms with Crippen LogP contribution in [-0.4, -0.2) is 40.7 Å². The standard InChI is InChI=1S/C19H23N3O6S/c1-12(23)21-14-8-9-16(22-29(4,25)26)15(10-14)19(24)20-11-13-6-5-7-17(27-2)18(13)28-3/h5-10,22H,11H2,1-4H3,(H,20,24)(H,21,23). The first kappa shape index (κ1) is 22.0. The summed E-state index contributed by atoms with van der Waals surface area (Å²) in [6.07, 6.45) is 0.984. The van der Waals surface area contributed by atoms with E-state index < -0.39 is 15.9 Å². The summed E-state index contributed by atoms with van der Waals surface area (Å²) in [5, 5.41) is 5.29. The van der Waals surface area contributed by atoms with Crippen molar-refractivity contribution in [2.75, 3.05) is 30.5 Å². The lowest BCUT2D eigenvalue weighted by Gasteiger charge is -2.15. The molecule has 0 atom stereocenters.